The minimum atomic E-state index is -3.53. The monoisotopic (exact) mass is 318 g/mol. The van der Waals surface area contributed by atoms with Gasteiger partial charge in [-0.1, -0.05) is 17.7 Å². The normalized spacial score (nSPS) is 20.6. The van der Waals surface area contributed by atoms with Gasteiger partial charge >= 0.3 is 0 Å². The number of aryl methyl sites for hydroxylation is 1. The first-order valence-electron chi connectivity index (χ1n) is 6.53. The van der Waals surface area contributed by atoms with E-state index >= 15 is 0 Å². The van der Waals surface area contributed by atoms with Gasteiger partial charge < -0.3 is 10.1 Å². The summed E-state index contributed by atoms with van der Waals surface area (Å²) in [5.74, 6) is 0.133. The zero-order chi connectivity index (χ0) is 14.6. The Hall–Kier alpha value is -0.660. The van der Waals surface area contributed by atoms with E-state index in [-0.39, 0.29) is 10.8 Å². The van der Waals surface area contributed by atoms with E-state index in [0.717, 1.165) is 18.7 Å². The highest BCUT2D eigenvalue weighted by atomic mass is 35.5. The molecule has 1 saturated heterocycles. The van der Waals surface area contributed by atoms with Crippen LogP contribution in [0.3, 0.4) is 0 Å². The van der Waals surface area contributed by atoms with E-state index in [4.69, 9.17) is 16.3 Å². The van der Waals surface area contributed by atoms with Crippen molar-refractivity contribution in [1.29, 1.82) is 0 Å². The van der Waals surface area contributed by atoms with E-state index in [1.54, 1.807) is 12.1 Å². The molecule has 1 fully saturated rings. The SMILES string of the molecule is Cc1ccc(S(=O)(=O)NCC2CNCCOC2)cc1Cl. The lowest BCUT2D eigenvalue weighted by Crippen LogP contribution is -2.35. The summed E-state index contributed by atoms with van der Waals surface area (Å²) >= 11 is 5.97. The third-order valence-corrected chi connectivity index (χ3v) is 5.05. The Morgan fingerprint density at radius 2 is 2.30 bits per heavy atom. The predicted molar refractivity (Wildman–Crippen MR) is 78.6 cm³/mol. The molecule has 112 valence electrons. The Bertz CT molecular complexity index is 555. The molecular weight excluding hydrogens is 300 g/mol. The van der Waals surface area contributed by atoms with Crippen molar-refractivity contribution in [3.05, 3.63) is 28.8 Å². The highest BCUT2D eigenvalue weighted by Gasteiger charge is 2.19. The number of halogens is 1. The fourth-order valence-corrected chi connectivity index (χ4v) is 3.33. The van der Waals surface area contributed by atoms with Crippen LogP contribution in [0.1, 0.15) is 5.56 Å². The van der Waals surface area contributed by atoms with E-state index in [9.17, 15) is 8.42 Å². The van der Waals surface area contributed by atoms with Gasteiger partial charge in [0.05, 0.1) is 18.1 Å². The first kappa shape index (κ1) is 15.7. The van der Waals surface area contributed by atoms with Gasteiger partial charge in [0, 0.05) is 30.6 Å². The molecule has 0 saturated carbocycles. The fourth-order valence-electron chi connectivity index (χ4n) is 1.94. The van der Waals surface area contributed by atoms with Crippen LogP contribution in [0, 0.1) is 12.8 Å². The van der Waals surface area contributed by atoms with Crippen molar-refractivity contribution in [2.24, 2.45) is 5.92 Å². The van der Waals surface area contributed by atoms with Crippen LogP contribution in [-0.4, -0.2) is 41.3 Å². The van der Waals surface area contributed by atoms with E-state index in [1.165, 1.54) is 6.07 Å². The Balaban J connectivity index is 2.01. The third kappa shape index (κ3) is 4.17. The van der Waals surface area contributed by atoms with Crippen molar-refractivity contribution in [3.63, 3.8) is 0 Å². The second-order valence-corrected chi connectivity index (χ2v) is 7.08. The topological polar surface area (TPSA) is 67.4 Å². The third-order valence-electron chi connectivity index (χ3n) is 3.23. The quantitative estimate of drug-likeness (QED) is 0.874. The predicted octanol–water partition coefficient (Wildman–Crippen LogP) is 1.16. The summed E-state index contributed by atoms with van der Waals surface area (Å²) in [6.45, 7) is 4.95. The lowest BCUT2D eigenvalue weighted by molar-refractivity contribution is 0.124. The lowest BCUT2D eigenvalue weighted by atomic mass is 10.2. The summed E-state index contributed by atoms with van der Waals surface area (Å²) in [6.07, 6.45) is 0. The van der Waals surface area contributed by atoms with Crippen LogP contribution >= 0.6 is 11.6 Å². The smallest absolute Gasteiger partial charge is 0.240 e. The molecule has 0 aromatic heterocycles. The molecule has 1 aromatic rings. The summed E-state index contributed by atoms with van der Waals surface area (Å²) in [5.41, 5.74) is 0.854. The highest BCUT2D eigenvalue weighted by Crippen LogP contribution is 2.19. The first-order chi connectivity index (χ1) is 9.49. The van der Waals surface area contributed by atoms with Crippen molar-refractivity contribution < 1.29 is 13.2 Å². The molecule has 7 heteroatoms. The molecule has 0 spiro atoms. The van der Waals surface area contributed by atoms with Crippen molar-refractivity contribution in [2.75, 3.05) is 32.8 Å². The summed E-state index contributed by atoms with van der Waals surface area (Å²) in [7, 11) is -3.53. The minimum absolute atomic E-state index is 0.133. The van der Waals surface area contributed by atoms with Crippen LogP contribution in [0.2, 0.25) is 5.02 Å². The van der Waals surface area contributed by atoms with Gasteiger partial charge in [-0.15, -0.1) is 0 Å². The second kappa shape index (κ2) is 6.87. The Morgan fingerprint density at radius 3 is 3.05 bits per heavy atom. The Labute approximate surface area is 124 Å². The van der Waals surface area contributed by atoms with E-state index in [0.29, 0.717) is 24.8 Å². The Morgan fingerprint density at radius 1 is 1.50 bits per heavy atom. The molecule has 1 unspecified atom stereocenters. The zero-order valence-electron chi connectivity index (χ0n) is 11.4. The molecule has 5 nitrogen and oxygen atoms in total. The standard InChI is InChI=1S/C13H19ClN2O3S/c1-10-2-3-12(6-13(10)14)20(17,18)16-8-11-7-15-4-5-19-9-11/h2-3,6,11,15-16H,4-5,7-9H2,1H3. The number of nitrogens with one attached hydrogen (secondary N) is 2. The van der Waals surface area contributed by atoms with Crippen LogP contribution in [0.5, 0.6) is 0 Å². The van der Waals surface area contributed by atoms with E-state index < -0.39 is 10.0 Å². The zero-order valence-corrected chi connectivity index (χ0v) is 12.9. The van der Waals surface area contributed by atoms with Crippen LogP contribution in [0.4, 0.5) is 0 Å². The van der Waals surface area contributed by atoms with Crippen molar-refractivity contribution in [3.8, 4) is 0 Å². The number of ether oxygens (including phenoxy) is 1. The summed E-state index contributed by atoms with van der Waals surface area (Å²) in [5, 5.41) is 3.66. The van der Waals surface area contributed by atoms with Gasteiger partial charge in [0.15, 0.2) is 0 Å². The molecule has 1 aliphatic heterocycles. The molecule has 1 heterocycles. The second-order valence-electron chi connectivity index (χ2n) is 4.91. The molecule has 2 N–H and O–H groups in total. The van der Waals surface area contributed by atoms with Gasteiger partial charge in [-0.25, -0.2) is 13.1 Å². The van der Waals surface area contributed by atoms with Crippen LogP contribution < -0.4 is 10.0 Å². The molecule has 2 rings (SSSR count). The van der Waals surface area contributed by atoms with Gasteiger partial charge in [-0.05, 0) is 24.6 Å². The van der Waals surface area contributed by atoms with Crippen molar-refractivity contribution in [2.45, 2.75) is 11.8 Å². The van der Waals surface area contributed by atoms with Gasteiger partial charge in [0.25, 0.3) is 0 Å². The average Bonchev–Trinajstić information content (AvgIpc) is 2.68. The van der Waals surface area contributed by atoms with Gasteiger partial charge in [-0.2, -0.15) is 0 Å². The van der Waals surface area contributed by atoms with Crippen LogP contribution in [0.15, 0.2) is 23.1 Å². The highest BCUT2D eigenvalue weighted by molar-refractivity contribution is 7.89. The largest absolute Gasteiger partial charge is 0.380 e. The summed E-state index contributed by atoms with van der Waals surface area (Å²) in [6, 6.07) is 4.74. The molecule has 0 bridgehead atoms. The first-order valence-corrected chi connectivity index (χ1v) is 8.39. The molecule has 0 amide bonds. The maximum atomic E-state index is 12.2. The number of sulfonamides is 1. The maximum Gasteiger partial charge on any atom is 0.240 e. The Kier molecular flexibility index (Phi) is 5.40. The molecule has 20 heavy (non-hydrogen) atoms. The number of benzene rings is 1. The molecule has 1 aromatic carbocycles. The van der Waals surface area contributed by atoms with Crippen LogP contribution in [0.25, 0.3) is 0 Å². The summed E-state index contributed by atoms with van der Waals surface area (Å²) in [4.78, 5) is 0.190. The van der Waals surface area contributed by atoms with E-state index in [2.05, 4.69) is 10.0 Å². The van der Waals surface area contributed by atoms with E-state index in [1.807, 2.05) is 6.92 Å². The molecule has 1 atom stereocenters. The van der Waals surface area contributed by atoms with Gasteiger partial charge in [0.2, 0.25) is 10.0 Å². The van der Waals surface area contributed by atoms with Crippen LogP contribution in [-0.2, 0) is 14.8 Å². The number of hydrogen-bond donors (Lipinski definition) is 2. The number of hydrogen-bond acceptors (Lipinski definition) is 4. The summed E-state index contributed by atoms with van der Waals surface area (Å²) < 4.78 is 32.4. The lowest BCUT2D eigenvalue weighted by Gasteiger charge is -2.15. The van der Waals surface area contributed by atoms with Gasteiger partial charge in [0.1, 0.15) is 0 Å². The van der Waals surface area contributed by atoms with Gasteiger partial charge in [-0.3, -0.25) is 0 Å². The molecule has 0 radical (unpaired) electrons. The molecule has 1 aliphatic rings. The average molecular weight is 319 g/mol. The molecular formula is C13H19ClN2O3S. The van der Waals surface area contributed by atoms with Crippen molar-refractivity contribution in [1.82, 2.24) is 10.0 Å². The maximum absolute atomic E-state index is 12.2. The minimum Gasteiger partial charge on any atom is -0.380 e. The molecule has 0 aliphatic carbocycles. The van der Waals surface area contributed by atoms with Crippen molar-refractivity contribution >= 4 is 21.6 Å². The fraction of sp³-hybridized carbons (Fsp3) is 0.538. The number of rotatable bonds is 4.